The molecule has 0 aromatic carbocycles. The molecule has 6 nitrogen and oxygen atoms in total. The zero-order chi connectivity index (χ0) is 14.8. The molecule has 0 saturated carbocycles. The van der Waals surface area contributed by atoms with Crippen LogP contribution < -0.4 is 11.3 Å². The maximum Gasteiger partial charge on any atom is 0.261 e. The smallest absolute Gasteiger partial charge is 0.261 e. The quantitative estimate of drug-likeness (QED) is 0.925. The van der Waals surface area contributed by atoms with Gasteiger partial charge in [0, 0.05) is 19.3 Å². The number of aromatic nitrogens is 3. The monoisotopic (exact) mass is 306 g/mol. The first-order valence-corrected chi connectivity index (χ1v) is 7.86. The van der Waals surface area contributed by atoms with Gasteiger partial charge in [-0.25, -0.2) is 0 Å². The van der Waals surface area contributed by atoms with Crippen molar-refractivity contribution in [3.05, 3.63) is 27.7 Å². The van der Waals surface area contributed by atoms with Crippen LogP contribution in [-0.4, -0.2) is 28.5 Å². The summed E-state index contributed by atoms with van der Waals surface area (Å²) in [5.41, 5.74) is 8.59. The van der Waals surface area contributed by atoms with Gasteiger partial charge in [0.15, 0.2) is 5.01 Å². The van der Waals surface area contributed by atoms with E-state index < -0.39 is 0 Å². The SMILES string of the molecule is COCCn1c2c(cc(-c3nnc(N)s3)c1=O)CCCC2. The molecule has 0 aliphatic heterocycles. The second kappa shape index (κ2) is 5.95. The van der Waals surface area contributed by atoms with Gasteiger partial charge in [0.05, 0.1) is 12.2 Å². The van der Waals surface area contributed by atoms with E-state index >= 15 is 0 Å². The third-order valence-electron chi connectivity index (χ3n) is 3.79. The van der Waals surface area contributed by atoms with E-state index in [2.05, 4.69) is 10.2 Å². The van der Waals surface area contributed by atoms with Gasteiger partial charge in [0.1, 0.15) is 0 Å². The molecule has 0 unspecified atom stereocenters. The molecule has 21 heavy (non-hydrogen) atoms. The standard InChI is InChI=1S/C14H18N4O2S/c1-20-7-6-18-11-5-3-2-4-9(11)8-10(13(18)19)12-16-17-14(15)21-12/h8H,2-7H2,1H3,(H2,15,17). The van der Waals surface area contributed by atoms with Crippen LogP contribution in [0.3, 0.4) is 0 Å². The first kappa shape index (κ1) is 14.2. The van der Waals surface area contributed by atoms with E-state index in [0.717, 1.165) is 31.4 Å². The van der Waals surface area contributed by atoms with Crippen molar-refractivity contribution in [1.29, 1.82) is 0 Å². The number of ether oxygens (including phenoxy) is 1. The minimum absolute atomic E-state index is 0.0242. The first-order valence-electron chi connectivity index (χ1n) is 7.04. The van der Waals surface area contributed by atoms with Crippen LogP contribution in [0, 0.1) is 0 Å². The lowest BCUT2D eigenvalue weighted by molar-refractivity contribution is 0.185. The maximum atomic E-state index is 12.8. The Kier molecular flexibility index (Phi) is 4.03. The number of nitrogens with zero attached hydrogens (tertiary/aromatic N) is 3. The van der Waals surface area contributed by atoms with E-state index in [0.29, 0.717) is 28.9 Å². The van der Waals surface area contributed by atoms with E-state index in [1.54, 1.807) is 7.11 Å². The molecule has 0 bridgehead atoms. The topological polar surface area (TPSA) is 83.0 Å². The summed E-state index contributed by atoms with van der Waals surface area (Å²) < 4.78 is 6.97. The summed E-state index contributed by atoms with van der Waals surface area (Å²) in [7, 11) is 1.65. The minimum Gasteiger partial charge on any atom is -0.383 e. The number of nitrogen functional groups attached to an aromatic ring is 1. The van der Waals surface area contributed by atoms with Crippen molar-refractivity contribution in [3.8, 4) is 10.6 Å². The normalized spacial score (nSPS) is 14.1. The second-order valence-electron chi connectivity index (χ2n) is 5.13. The Hall–Kier alpha value is -1.73. The average molecular weight is 306 g/mol. The minimum atomic E-state index is -0.0242. The number of rotatable bonds is 4. The second-order valence-corrected chi connectivity index (χ2v) is 6.14. The van der Waals surface area contributed by atoms with Crippen molar-refractivity contribution in [3.63, 3.8) is 0 Å². The van der Waals surface area contributed by atoms with Gasteiger partial charge < -0.3 is 15.0 Å². The van der Waals surface area contributed by atoms with Crippen LogP contribution in [0.25, 0.3) is 10.6 Å². The Morgan fingerprint density at radius 3 is 2.90 bits per heavy atom. The van der Waals surface area contributed by atoms with Crippen LogP contribution in [0.2, 0.25) is 0 Å². The van der Waals surface area contributed by atoms with Gasteiger partial charge >= 0.3 is 0 Å². The highest BCUT2D eigenvalue weighted by Gasteiger charge is 2.20. The molecular formula is C14H18N4O2S. The fraction of sp³-hybridized carbons (Fsp3) is 0.500. The Morgan fingerprint density at radius 1 is 1.38 bits per heavy atom. The van der Waals surface area contributed by atoms with E-state index in [4.69, 9.17) is 10.5 Å². The summed E-state index contributed by atoms with van der Waals surface area (Å²) in [6, 6.07) is 1.97. The Labute approximate surface area is 126 Å². The number of hydrogen-bond donors (Lipinski definition) is 1. The lowest BCUT2D eigenvalue weighted by Crippen LogP contribution is -2.29. The first-order chi connectivity index (χ1) is 10.2. The summed E-state index contributed by atoms with van der Waals surface area (Å²) >= 11 is 1.25. The molecule has 2 aromatic heterocycles. The van der Waals surface area contributed by atoms with Crippen molar-refractivity contribution < 1.29 is 4.74 Å². The molecule has 2 heterocycles. The van der Waals surface area contributed by atoms with Crippen LogP contribution in [0.5, 0.6) is 0 Å². The van der Waals surface area contributed by atoms with E-state index in [9.17, 15) is 4.79 Å². The molecule has 7 heteroatoms. The lowest BCUT2D eigenvalue weighted by atomic mass is 9.94. The fourth-order valence-electron chi connectivity index (χ4n) is 2.80. The Morgan fingerprint density at radius 2 is 2.19 bits per heavy atom. The van der Waals surface area contributed by atoms with Crippen molar-refractivity contribution >= 4 is 16.5 Å². The van der Waals surface area contributed by atoms with Gasteiger partial charge in [-0.15, -0.1) is 10.2 Å². The highest BCUT2D eigenvalue weighted by atomic mass is 32.1. The van der Waals surface area contributed by atoms with Crippen molar-refractivity contribution in [1.82, 2.24) is 14.8 Å². The number of hydrogen-bond acceptors (Lipinski definition) is 6. The highest BCUT2D eigenvalue weighted by Crippen LogP contribution is 2.27. The molecule has 0 saturated heterocycles. The molecule has 2 N–H and O–H groups in total. The largest absolute Gasteiger partial charge is 0.383 e. The maximum absolute atomic E-state index is 12.8. The summed E-state index contributed by atoms with van der Waals surface area (Å²) in [4.78, 5) is 12.8. The predicted molar refractivity (Wildman–Crippen MR) is 82.5 cm³/mol. The molecule has 0 radical (unpaired) electrons. The summed E-state index contributed by atoms with van der Waals surface area (Å²) in [5, 5.41) is 8.80. The van der Waals surface area contributed by atoms with Crippen molar-refractivity contribution in [2.45, 2.75) is 32.2 Å². The van der Waals surface area contributed by atoms with Crippen LogP contribution in [0.15, 0.2) is 10.9 Å². The van der Waals surface area contributed by atoms with Crippen molar-refractivity contribution in [2.75, 3.05) is 19.5 Å². The Bertz CT molecular complexity index is 707. The van der Waals surface area contributed by atoms with Crippen LogP contribution in [0.1, 0.15) is 24.1 Å². The number of pyridine rings is 1. The molecule has 0 atom stereocenters. The molecule has 1 aliphatic rings. The van der Waals surface area contributed by atoms with Gasteiger partial charge in [0.25, 0.3) is 5.56 Å². The van der Waals surface area contributed by atoms with Gasteiger partial charge in [-0.05, 0) is 37.3 Å². The number of fused-ring (bicyclic) bond motifs is 1. The van der Waals surface area contributed by atoms with E-state index in [-0.39, 0.29) is 5.56 Å². The molecule has 2 aromatic rings. The van der Waals surface area contributed by atoms with Crippen molar-refractivity contribution in [2.24, 2.45) is 0 Å². The third-order valence-corrected chi connectivity index (χ3v) is 4.58. The Balaban J connectivity index is 2.15. The van der Waals surface area contributed by atoms with Gasteiger partial charge in [-0.2, -0.15) is 0 Å². The van der Waals surface area contributed by atoms with Crippen LogP contribution in [-0.2, 0) is 24.1 Å². The summed E-state index contributed by atoms with van der Waals surface area (Å²) in [5.74, 6) is 0. The van der Waals surface area contributed by atoms with E-state index in [1.165, 1.54) is 16.9 Å². The molecule has 0 amide bonds. The van der Waals surface area contributed by atoms with Gasteiger partial charge in [0.2, 0.25) is 5.13 Å². The van der Waals surface area contributed by atoms with Crippen LogP contribution in [0.4, 0.5) is 5.13 Å². The fourth-order valence-corrected chi connectivity index (χ4v) is 3.41. The summed E-state index contributed by atoms with van der Waals surface area (Å²) in [6.45, 7) is 1.09. The lowest BCUT2D eigenvalue weighted by Gasteiger charge is -2.22. The van der Waals surface area contributed by atoms with Crippen LogP contribution >= 0.6 is 11.3 Å². The third kappa shape index (κ3) is 2.71. The molecule has 0 spiro atoms. The number of anilines is 1. The van der Waals surface area contributed by atoms with E-state index in [1.807, 2.05) is 10.6 Å². The average Bonchev–Trinajstić information content (AvgIpc) is 2.92. The van der Waals surface area contributed by atoms with Gasteiger partial charge in [-0.1, -0.05) is 11.3 Å². The zero-order valence-electron chi connectivity index (χ0n) is 12.0. The number of methoxy groups -OCH3 is 1. The summed E-state index contributed by atoms with van der Waals surface area (Å²) in [6.07, 6.45) is 4.24. The zero-order valence-corrected chi connectivity index (χ0v) is 12.8. The highest BCUT2D eigenvalue weighted by molar-refractivity contribution is 7.18. The number of nitrogens with two attached hydrogens (primary N) is 1. The van der Waals surface area contributed by atoms with Gasteiger partial charge in [-0.3, -0.25) is 4.79 Å². The molecule has 0 fully saturated rings. The molecule has 112 valence electrons. The molecule has 1 aliphatic carbocycles. The molecular weight excluding hydrogens is 288 g/mol. The molecule has 3 rings (SSSR count). The number of aryl methyl sites for hydroxylation is 1. The predicted octanol–water partition coefficient (Wildman–Crippen LogP) is 1.47.